The van der Waals surface area contributed by atoms with Gasteiger partial charge in [0.05, 0.1) is 22.5 Å². The van der Waals surface area contributed by atoms with E-state index in [0.29, 0.717) is 15.8 Å². The van der Waals surface area contributed by atoms with Gasteiger partial charge in [-0.05, 0) is 63.3 Å². The first-order valence-electron chi connectivity index (χ1n) is 7.55. The van der Waals surface area contributed by atoms with Gasteiger partial charge >= 0.3 is 0 Å². The Labute approximate surface area is 163 Å². The van der Waals surface area contributed by atoms with Gasteiger partial charge in [0.15, 0.2) is 0 Å². The number of ether oxygens (including phenoxy) is 1. The zero-order valence-electron chi connectivity index (χ0n) is 13.6. The Balaban J connectivity index is 1.98. The van der Waals surface area contributed by atoms with E-state index in [4.69, 9.17) is 4.74 Å². The molecule has 3 aromatic rings. The molecule has 0 saturated carbocycles. The molecule has 0 spiro atoms. The van der Waals surface area contributed by atoms with Crippen LogP contribution in [0.1, 0.15) is 16.5 Å². The van der Waals surface area contributed by atoms with Crippen molar-refractivity contribution < 1.29 is 17.5 Å². The van der Waals surface area contributed by atoms with Crippen molar-refractivity contribution >= 4 is 37.3 Å². The number of rotatable bonds is 6. The van der Waals surface area contributed by atoms with Crippen LogP contribution in [-0.4, -0.2) is 15.5 Å². The topological polar surface area (TPSA) is 55.4 Å². The molecule has 0 amide bonds. The van der Waals surface area contributed by atoms with Crippen LogP contribution in [-0.2, 0) is 10.0 Å². The first kappa shape index (κ1) is 19.0. The van der Waals surface area contributed by atoms with Crippen molar-refractivity contribution in [2.75, 3.05) is 7.11 Å². The van der Waals surface area contributed by atoms with Gasteiger partial charge in [-0.2, -0.15) is 4.72 Å². The van der Waals surface area contributed by atoms with E-state index in [-0.39, 0.29) is 10.7 Å². The number of nitrogens with one attached hydrogen (secondary N) is 1. The first-order chi connectivity index (χ1) is 12.4. The zero-order chi connectivity index (χ0) is 18.7. The highest BCUT2D eigenvalue weighted by Gasteiger charge is 2.24. The summed E-state index contributed by atoms with van der Waals surface area (Å²) in [6.45, 7) is 0. The summed E-state index contributed by atoms with van der Waals surface area (Å²) in [5.74, 6) is 0.165. The lowest BCUT2D eigenvalue weighted by atomic mass is 10.1. The Morgan fingerprint density at radius 1 is 1.15 bits per heavy atom. The first-order valence-corrected chi connectivity index (χ1v) is 10.7. The molecule has 26 heavy (non-hydrogen) atoms. The lowest BCUT2D eigenvalue weighted by molar-refractivity contribution is 0.411. The molecule has 0 aliphatic carbocycles. The Morgan fingerprint density at radius 2 is 1.88 bits per heavy atom. The Kier molecular flexibility index (Phi) is 5.76. The summed E-state index contributed by atoms with van der Waals surface area (Å²) < 4.78 is 47.4. The van der Waals surface area contributed by atoms with Gasteiger partial charge in [0.1, 0.15) is 11.6 Å². The normalized spacial score (nSPS) is 12.7. The van der Waals surface area contributed by atoms with Crippen molar-refractivity contribution in [2.24, 2.45) is 0 Å². The van der Waals surface area contributed by atoms with Crippen molar-refractivity contribution in [1.82, 2.24) is 4.72 Å². The molecule has 1 N–H and O–H groups in total. The molecule has 4 nitrogen and oxygen atoms in total. The molecule has 0 aliphatic heterocycles. The zero-order valence-corrected chi connectivity index (χ0v) is 16.9. The standard InChI is InChI=1S/C18H15BrFNO3S2/c1-24-16-9-8-14(11-15(16)19)26(22,23)21-18(17-3-2-10-25-17)12-4-6-13(20)7-5-12/h2-11,18,21H,1H3. The quantitative estimate of drug-likeness (QED) is 0.584. The minimum atomic E-state index is -3.81. The molecule has 8 heteroatoms. The minimum Gasteiger partial charge on any atom is -0.496 e. The number of methoxy groups -OCH3 is 1. The number of sulfonamides is 1. The predicted molar refractivity (Wildman–Crippen MR) is 104 cm³/mol. The summed E-state index contributed by atoms with van der Waals surface area (Å²) >= 11 is 4.73. The monoisotopic (exact) mass is 455 g/mol. The van der Waals surface area contributed by atoms with E-state index in [1.807, 2.05) is 17.5 Å². The summed E-state index contributed by atoms with van der Waals surface area (Å²) in [6.07, 6.45) is 0. The lowest BCUT2D eigenvalue weighted by Gasteiger charge is -2.18. The smallest absolute Gasteiger partial charge is 0.241 e. The van der Waals surface area contributed by atoms with Gasteiger partial charge in [-0.15, -0.1) is 11.3 Å². The third-order valence-corrected chi connectivity index (χ3v) is 6.72. The fraction of sp³-hybridized carbons (Fsp3) is 0.111. The molecule has 0 aliphatic rings. The molecule has 0 saturated heterocycles. The molecule has 2 aromatic carbocycles. The predicted octanol–water partition coefficient (Wildman–Crippen LogP) is 4.73. The number of benzene rings is 2. The average molecular weight is 456 g/mol. The number of hydrogen-bond acceptors (Lipinski definition) is 4. The highest BCUT2D eigenvalue weighted by atomic mass is 79.9. The van der Waals surface area contributed by atoms with Gasteiger partial charge in [-0.1, -0.05) is 18.2 Å². The summed E-state index contributed by atoms with van der Waals surface area (Å²) in [4.78, 5) is 0.918. The fourth-order valence-corrected chi connectivity index (χ4v) is 5.24. The highest BCUT2D eigenvalue weighted by molar-refractivity contribution is 9.10. The highest BCUT2D eigenvalue weighted by Crippen LogP contribution is 2.31. The van der Waals surface area contributed by atoms with Crippen LogP contribution in [0.4, 0.5) is 4.39 Å². The molecule has 3 rings (SSSR count). The molecule has 1 atom stereocenters. The Morgan fingerprint density at radius 3 is 2.46 bits per heavy atom. The molecular weight excluding hydrogens is 441 g/mol. The number of halogens is 2. The Bertz CT molecular complexity index is 990. The van der Waals surface area contributed by atoms with Crippen LogP contribution in [0.15, 0.2) is 69.3 Å². The third-order valence-electron chi connectivity index (χ3n) is 3.74. The molecular formula is C18H15BrFNO3S2. The van der Waals surface area contributed by atoms with Crippen LogP contribution in [0, 0.1) is 5.82 Å². The maximum absolute atomic E-state index is 13.3. The summed E-state index contributed by atoms with van der Waals surface area (Å²) in [5.41, 5.74) is 0.657. The van der Waals surface area contributed by atoms with E-state index in [9.17, 15) is 12.8 Å². The molecule has 1 heterocycles. The summed E-state index contributed by atoms with van der Waals surface area (Å²) in [7, 11) is -2.31. The van der Waals surface area contributed by atoms with Crippen LogP contribution in [0.5, 0.6) is 5.75 Å². The van der Waals surface area contributed by atoms with Gasteiger partial charge in [-0.25, -0.2) is 12.8 Å². The van der Waals surface area contributed by atoms with Gasteiger partial charge in [0.25, 0.3) is 0 Å². The lowest BCUT2D eigenvalue weighted by Crippen LogP contribution is -2.29. The summed E-state index contributed by atoms with van der Waals surface area (Å²) in [5, 5.41) is 1.87. The van der Waals surface area contributed by atoms with E-state index in [0.717, 1.165) is 4.88 Å². The van der Waals surface area contributed by atoms with Gasteiger partial charge < -0.3 is 4.74 Å². The van der Waals surface area contributed by atoms with E-state index < -0.39 is 16.1 Å². The van der Waals surface area contributed by atoms with Crippen LogP contribution in [0.3, 0.4) is 0 Å². The van der Waals surface area contributed by atoms with Crippen molar-refractivity contribution in [3.63, 3.8) is 0 Å². The minimum absolute atomic E-state index is 0.105. The second-order valence-corrected chi connectivity index (χ2v) is 8.97. The Hall–Kier alpha value is -1.74. The average Bonchev–Trinajstić information content (AvgIpc) is 3.15. The second kappa shape index (κ2) is 7.87. The van der Waals surface area contributed by atoms with Crippen molar-refractivity contribution in [3.05, 3.63) is 80.7 Å². The second-order valence-electron chi connectivity index (χ2n) is 5.42. The maximum atomic E-state index is 13.3. The van der Waals surface area contributed by atoms with Gasteiger partial charge in [0.2, 0.25) is 10.0 Å². The van der Waals surface area contributed by atoms with Crippen molar-refractivity contribution in [1.29, 1.82) is 0 Å². The van der Waals surface area contributed by atoms with Crippen LogP contribution >= 0.6 is 27.3 Å². The van der Waals surface area contributed by atoms with E-state index in [1.54, 1.807) is 18.2 Å². The van der Waals surface area contributed by atoms with Gasteiger partial charge in [-0.3, -0.25) is 0 Å². The van der Waals surface area contributed by atoms with Crippen molar-refractivity contribution in [3.8, 4) is 5.75 Å². The molecule has 1 unspecified atom stereocenters. The molecule has 136 valence electrons. The van der Waals surface area contributed by atoms with E-state index in [2.05, 4.69) is 20.7 Å². The molecule has 0 fully saturated rings. The molecule has 0 bridgehead atoms. The van der Waals surface area contributed by atoms with E-state index >= 15 is 0 Å². The molecule has 1 aromatic heterocycles. The summed E-state index contributed by atoms with van der Waals surface area (Å²) in [6, 6.07) is 13.4. The largest absolute Gasteiger partial charge is 0.496 e. The SMILES string of the molecule is COc1ccc(S(=O)(=O)NC(c2ccc(F)cc2)c2cccs2)cc1Br. The van der Waals surface area contributed by atoms with Crippen LogP contribution < -0.4 is 9.46 Å². The van der Waals surface area contributed by atoms with E-state index in [1.165, 1.54) is 42.7 Å². The van der Waals surface area contributed by atoms with Crippen LogP contribution in [0.25, 0.3) is 0 Å². The number of hydrogen-bond donors (Lipinski definition) is 1. The van der Waals surface area contributed by atoms with Crippen molar-refractivity contribution in [2.45, 2.75) is 10.9 Å². The third kappa shape index (κ3) is 4.15. The molecule has 0 radical (unpaired) electrons. The van der Waals surface area contributed by atoms with Crippen LogP contribution in [0.2, 0.25) is 0 Å². The number of thiophene rings is 1. The van der Waals surface area contributed by atoms with Gasteiger partial charge in [0, 0.05) is 4.88 Å². The fourth-order valence-electron chi connectivity index (χ4n) is 2.44. The maximum Gasteiger partial charge on any atom is 0.241 e.